The molecule has 0 radical (unpaired) electrons. The Kier molecular flexibility index (Phi) is 1.65. The van der Waals surface area contributed by atoms with Crippen LogP contribution in [0.25, 0.3) is 0 Å². The Hall–Kier alpha value is 0.240. The molecule has 1 aliphatic heterocycles. The normalized spacial score (nSPS) is 15.8. The van der Waals surface area contributed by atoms with Gasteiger partial charge < -0.3 is 5.32 Å². The number of thiophene rings is 1. The summed E-state index contributed by atoms with van der Waals surface area (Å²) in [5.41, 5.74) is 2.38. The summed E-state index contributed by atoms with van der Waals surface area (Å²) in [6, 6.07) is 0. The van der Waals surface area contributed by atoms with Crippen LogP contribution in [0.2, 0.25) is 8.67 Å². The molecule has 1 nitrogen and oxygen atoms in total. The summed E-state index contributed by atoms with van der Waals surface area (Å²) in [5.74, 6) is 0. The van der Waals surface area contributed by atoms with E-state index in [9.17, 15) is 0 Å². The molecule has 0 spiro atoms. The smallest absolute Gasteiger partial charge is 0.0992 e. The second-order valence-electron chi connectivity index (χ2n) is 2.21. The molecule has 0 atom stereocenters. The van der Waals surface area contributed by atoms with Gasteiger partial charge in [-0.15, -0.1) is 11.3 Å². The van der Waals surface area contributed by atoms with E-state index in [2.05, 4.69) is 5.32 Å². The molecule has 0 unspecified atom stereocenters. The van der Waals surface area contributed by atoms with Crippen LogP contribution in [0.15, 0.2) is 0 Å². The number of hydrogen-bond donors (Lipinski definition) is 1. The van der Waals surface area contributed by atoms with Crippen molar-refractivity contribution in [1.29, 1.82) is 0 Å². The Labute approximate surface area is 73.0 Å². The maximum atomic E-state index is 5.88. The highest BCUT2D eigenvalue weighted by molar-refractivity contribution is 7.20. The van der Waals surface area contributed by atoms with Crippen LogP contribution in [0.4, 0.5) is 0 Å². The zero-order chi connectivity index (χ0) is 7.14. The topological polar surface area (TPSA) is 12.0 Å². The van der Waals surface area contributed by atoms with Gasteiger partial charge in [0.25, 0.3) is 0 Å². The predicted octanol–water partition coefficient (Wildman–Crippen LogP) is 2.66. The van der Waals surface area contributed by atoms with Crippen LogP contribution < -0.4 is 5.32 Å². The standard InChI is InChI=1S/C6H5Cl2NS/c7-5-3-1-9-2-4(3)6(8)10-5/h9H,1-2H2. The van der Waals surface area contributed by atoms with Crippen molar-refractivity contribution in [3.8, 4) is 0 Å². The van der Waals surface area contributed by atoms with Crippen molar-refractivity contribution in [2.45, 2.75) is 13.1 Å². The highest BCUT2D eigenvalue weighted by Gasteiger charge is 2.19. The van der Waals surface area contributed by atoms with E-state index in [0.29, 0.717) is 0 Å². The van der Waals surface area contributed by atoms with Gasteiger partial charge in [0.2, 0.25) is 0 Å². The van der Waals surface area contributed by atoms with Gasteiger partial charge in [0, 0.05) is 24.2 Å². The highest BCUT2D eigenvalue weighted by atomic mass is 35.5. The molecule has 1 aliphatic rings. The first-order chi connectivity index (χ1) is 4.79. The molecular weight excluding hydrogens is 189 g/mol. The number of hydrogen-bond acceptors (Lipinski definition) is 2. The Morgan fingerprint density at radius 1 is 1.10 bits per heavy atom. The molecule has 10 heavy (non-hydrogen) atoms. The molecule has 54 valence electrons. The summed E-state index contributed by atoms with van der Waals surface area (Å²) in [4.78, 5) is 0. The van der Waals surface area contributed by atoms with E-state index in [1.54, 1.807) is 0 Å². The lowest BCUT2D eigenvalue weighted by Crippen LogP contribution is -2.00. The lowest BCUT2D eigenvalue weighted by atomic mass is 10.2. The van der Waals surface area contributed by atoms with Crippen molar-refractivity contribution in [2.24, 2.45) is 0 Å². The van der Waals surface area contributed by atoms with Crippen LogP contribution in [0.5, 0.6) is 0 Å². The second-order valence-corrected chi connectivity index (χ2v) is 4.43. The lowest BCUT2D eigenvalue weighted by Gasteiger charge is -1.86. The van der Waals surface area contributed by atoms with Crippen molar-refractivity contribution in [2.75, 3.05) is 0 Å². The zero-order valence-corrected chi connectivity index (χ0v) is 7.41. The summed E-state index contributed by atoms with van der Waals surface area (Å²) in [7, 11) is 0. The first kappa shape index (κ1) is 6.92. The third-order valence-corrected chi connectivity index (χ3v) is 3.39. The molecule has 0 amide bonds. The fourth-order valence-corrected chi connectivity index (χ4v) is 2.84. The van der Waals surface area contributed by atoms with Gasteiger partial charge in [-0.3, -0.25) is 0 Å². The van der Waals surface area contributed by atoms with Gasteiger partial charge in [-0.25, -0.2) is 0 Å². The fraction of sp³-hybridized carbons (Fsp3) is 0.333. The van der Waals surface area contributed by atoms with Gasteiger partial charge in [-0.2, -0.15) is 0 Å². The van der Waals surface area contributed by atoms with E-state index in [-0.39, 0.29) is 0 Å². The molecule has 2 rings (SSSR count). The minimum atomic E-state index is 0.838. The zero-order valence-electron chi connectivity index (χ0n) is 5.08. The molecule has 4 heteroatoms. The number of halogens is 2. The van der Waals surface area contributed by atoms with Crippen molar-refractivity contribution in [3.05, 3.63) is 19.8 Å². The molecule has 0 bridgehead atoms. The number of fused-ring (bicyclic) bond motifs is 1. The van der Waals surface area contributed by atoms with Crippen LogP contribution in [-0.4, -0.2) is 0 Å². The molecular formula is C6H5Cl2NS. The van der Waals surface area contributed by atoms with Crippen LogP contribution in [-0.2, 0) is 13.1 Å². The molecule has 2 heterocycles. The third-order valence-electron chi connectivity index (χ3n) is 1.62. The molecule has 0 saturated heterocycles. The van der Waals surface area contributed by atoms with Gasteiger partial charge >= 0.3 is 0 Å². The fourth-order valence-electron chi connectivity index (χ4n) is 1.10. The predicted molar refractivity (Wildman–Crippen MR) is 44.9 cm³/mol. The minimum Gasteiger partial charge on any atom is -0.308 e. The van der Waals surface area contributed by atoms with Gasteiger partial charge in [0.15, 0.2) is 0 Å². The average molecular weight is 194 g/mol. The number of nitrogens with one attached hydrogen (secondary N) is 1. The van der Waals surface area contributed by atoms with Crippen LogP contribution in [0, 0.1) is 0 Å². The molecule has 0 fully saturated rings. The van der Waals surface area contributed by atoms with Crippen LogP contribution >= 0.6 is 34.5 Å². The van der Waals surface area contributed by atoms with E-state index >= 15 is 0 Å². The summed E-state index contributed by atoms with van der Waals surface area (Å²) in [6.07, 6.45) is 0. The molecule has 0 saturated carbocycles. The van der Waals surface area contributed by atoms with Gasteiger partial charge in [-0.1, -0.05) is 23.2 Å². The van der Waals surface area contributed by atoms with E-state index < -0.39 is 0 Å². The van der Waals surface area contributed by atoms with Gasteiger partial charge in [0.1, 0.15) is 0 Å². The summed E-state index contributed by atoms with van der Waals surface area (Å²) in [5, 5.41) is 3.19. The van der Waals surface area contributed by atoms with Crippen molar-refractivity contribution in [1.82, 2.24) is 5.32 Å². The Bertz CT molecular complexity index is 244. The van der Waals surface area contributed by atoms with E-state index in [1.165, 1.54) is 22.5 Å². The minimum absolute atomic E-state index is 0.838. The summed E-state index contributed by atoms with van der Waals surface area (Å²) < 4.78 is 1.68. The van der Waals surface area contributed by atoms with E-state index in [0.717, 1.165) is 21.8 Å². The molecule has 1 aromatic heterocycles. The molecule has 0 aromatic carbocycles. The largest absolute Gasteiger partial charge is 0.308 e. The number of rotatable bonds is 0. The summed E-state index contributed by atoms with van der Waals surface area (Å²) in [6.45, 7) is 1.74. The first-order valence-electron chi connectivity index (χ1n) is 2.95. The Balaban J connectivity index is 2.61. The third kappa shape index (κ3) is 0.873. The molecule has 0 aliphatic carbocycles. The Morgan fingerprint density at radius 2 is 1.60 bits per heavy atom. The molecule has 1 N–H and O–H groups in total. The molecule has 1 aromatic rings. The quantitative estimate of drug-likeness (QED) is 0.669. The van der Waals surface area contributed by atoms with Crippen molar-refractivity contribution >= 4 is 34.5 Å². The monoisotopic (exact) mass is 193 g/mol. The highest BCUT2D eigenvalue weighted by Crippen LogP contribution is 2.38. The first-order valence-corrected chi connectivity index (χ1v) is 4.52. The second kappa shape index (κ2) is 2.38. The lowest BCUT2D eigenvalue weighted by molar-refractivity contribution is 0.765. The van der Waals surface area contributed by atoms with E-state index in [4.69, 9.17) is 23.2 Å². The van der Waals surface area contributed by atoms with Crippen molar-refractivity contribution in [3.63, 3.8) is 0 Å². The van der Waals surface area contributed by atoms with Crippen molar-refractivity contribution < 1.29 is 0 Å². The Morgan fingerprint density at radius 3 is 2.10 bits per heavy atom. The maximum Gasteiger partial charge on any atom is 0.0992 e. The average Bonchev–Trinajstić information content (AvgIpc) is 2.39. The summed E-state index contributed by atoms with van der Waals surface area (Å²) >= 11 is 13.2. The van der Waals surface area contributed by atoms with Crippen LogP contribution in [0.3, 0.4) is 0 Å². The maximum absolute atomic E-state index is 5.88. The SMILES string of the molecule is Clc1sc(Cl)c2c1CNC2. The van der Waals surface area contributed by atoms with E-state index in [1.807, 2.05) is 0 Å². The van der Waals surface area contributed by atoms with Crippen LogP contribution in [0.1, 0.15) is 11.1 Å². The van der Waals surface area contributed by atoms with Gasteiger partial charge in [-0.05, 0) is 0 Å². The van der Waals surface area contributed by atoms with Gasteiger partial charge in [0.05, 0.1) is 8.67 Å².